The Balaban J connectivity index is 1.64. The zero-order valence-corrected chi connectivity index (χ0v) is 16.0. The van der Waals surface area contributed by atoms with Gasteiger partial charge in [0, 0.05) is 30.9 Å². The molecule has 0 aliphatic carbocycles. The van der Waals surface area contributed by atoms with Crippen molar-refractivity contribution < 1.29 is 4.52 Å². The van der Waals surface area contributed by atoms with Crippen molar-refractivity contribution in [3.05, 3.63) is 40.8 Å². The molecule has 0 bridgehead atoms. The van der Waals surface area contributed by atoms with E-state index in [9.17, 15) is 0 Å². The second-order valence-corrected chi connectivity index (χ2v) is 7.53. The first-order valence-electron chi connectivity index (χ1n) is 9.55. The van der Waals surface area contributed by atoms with E-state index in [0.29, 0.717) is 11.8 Å². The van der Waals surface area contributed by atoms with Crippen molar-refractivity contribution in [3.8, 4) is 0 Å². The van der Waals surface area contributed by atoms with E-state index in [4.69, 9.17) is 9.51 Å². The van der Waals surface area contributed by atoms with Crippen molar-refractivity contribution in [2.24, 2.45) is 5.92 Å². The molecule has 1 atom stereocenters. The van der Waals surface area contributed by atoms with Gasteiger partial charge in [-0.25, -0.2) is 0 Å². The predicted octanol–water partition coefficient (Wildman–Crippen LogP) is 3.91. The minimum atomic E-state index is 0.483. The summed E-state index contributed by atoms with van der Waals surface area (Å²) in [6.07, 6.45) is 4.36. The minimum absolute atomic E-state index is 0.483. The molecule has 5 nitrogen and oxygen atoms in total. The number of aryl methyl sites for hydroxylation is 2. The third-order valence-corrected chi connectivity index (χ3v) is 5.05. The van der Waals surface area contributed by atoms with Gasteiger partial charge in [-0.05, 0) is 56.2 Å². The van der Waals surface area contributed by atoms with Gasteiger partial charge >= 0.3 is 0 Å². The number of rotatable bonds is 6. The van der Waals surface area contributed by atoms with Crippen molar-refractivity contribution in [2.45, 2.75) is 65.8 Å². The lowest BCUT2D eigenvalue weighted by Crippen LogP contribution is -2.36. The van der Waals surface area contributed by atoms with Crippen molar-refractivity contribution in [1.82, 2.24) is 20.0 Å². The van der Waals surface area contributed by atoms with Crippen LogP contribution in [0.25, 0.3) is 0 Å². The maximum atomic E-state index is 5.30. The summed E-state index contributed by atoms with van der Waals surface area (Å²) in [6.45, 7) is 11.7. The molecule has 0 amide bonds. The highest BCUT2D eigenvalue weighted by Gasteiger charge is 2.23. The summed E-state index contributed by atoms with van der Waals surface area (Å²) >= 11 is 0. The summed E-state index contributed by atoms with van der Waals surface area (Å²) in [7, 11) is 0. The Hall–Kier alpha value is -1.75. The topological polar surface area (TPSA) is 55.1 Å². The van der Waals surface area contributed by atoms with Crippen LogP contribution < -0.4 is 0 Å². The Labute approximate surface area is 150 Å². The molecular weight excluding hydrogens is 312 g/mol. The highest BCUT2D eigenvalue weighted by Crippen LogP contribution is 2.23. The Morgan fingerprint density at radius 2 is 2.12 bits per heavy atom. The molecule has 3 heterocycles. The van der Waals surface area contributed by atoms with Crippen LogP contribution in [-0.2, 0) is 19.4 Å². The summed E-state index contributed by atoms with van der Waals surface area (Å²) in [4.78, 5) is 11.8. The van der Waals surface area contributed by atoms with Crippen molar-refractivity contribution in [1.29, 1.82) is 0 Å². The second kappa shape index (κ2) is 8.09. The van der Waals surface area contributed by atoms with Gasteiger partial charge in [0.25, 0.3) is 0 Å². The first-order chi connectivity index (χ1) is 12.0. The van der Waals surface area contributed by atoms with Crippen LogP contribution in [0.15, 0.2) is 16.7 Å². The molecule has 0 N–H and O–H groups in total. The first kappa shape index (κ1) is 18.1. The molecule has 1 aliphatic heterocycles. The zero-order chi connectivity index (χ0) is 17.8. The molecule has 1 unspecified atom stereocenters. The predicted molar refractivity (Wildman–Crippen MR) is 98.4 cm³/mol. The SMILES string of the molecule is CCc1nc(C(C)C)ccc1CN1CCCC(Cc2nc(C)no2)C1. The summed E-state index contributed by atoms with van der Waals surface area (Å²) in [5.74, 6) is 2.59. The maximum absolute atomic E-state index is 5.30. The van der Waals surface area contributed by atoms with Gasteiger partial charge in [0.2, 0.25) is 5.89 Å². The lowest BCUT2D eigenvalue weighted by Gasteiger charge is -2.32. The molecule has 2 aromatic heterocycles. The fourth-order valence-electron chi connectivity index (χ4n) is 3.69. The largest absolute Gasteiger partial charge is 0.339 e. The van der Waals surface area contributed by atoms with Gasteiger partial charge in [-0.1, -0.05) is 32.0 Å². The quantitative estimate of drug-likeness (QED) is 0.796. The lowest BCUT2D eigenvalue weighted by molar-refractivity contribution is 0.160. The van der Waals surface area contributed by atoms with E-state index in [0.717, 1.165) is 44.2 Å². The maximum Gasteiger partial charge on any atom is 0.226 e. The number of pyridine rings is 1. The number of likely N-dealkylation sites (tertiary alicyclic amines) is 1. The van der Waals surface area contributed by atoms with Crippen LogP contribution in [0, 0.1) is 12.8 Å². The molecule has 1 saturated heterocycles. The van der Waals surface area contributed by atoms with Gasteiger partial charge in [-0.3, -0.25) is 9.88 Å². The van der Waals surface area contributed by atoms with E-state index in [1.807, 2.05) is 6.92 Å². The monoisotopic (exact) mass is 342 g/mol. The minimum Gasteiger partial charge on any atom is -0.339 e. The van der Waals surface area contributed by atoms with Gasteiger partial charge in [0.05, 0.1) is 0 Å². The molecule has 3 rings (SSSR count). The van der Waals surface area contributed by atoms with Crippen LogP contribution in [0.1, 0.15) is 68.2 Å². The molecule has 0 saturated carbocycles. The summed E-state index contributed by atoms with van der Waals surface area (Å²) in [5, 5.41) is 3.91. The number of hydrogen-bond donors (Lipinski definition) is 0. The molecular formula is C20H30N4O. The highest BCUT2D eigenvalue weighted by atomic mass is 16.5. The van der Waals surface area contributed by atoms with Gasteiger partial charge in [-0.2, -0.15) is 4.98 Å². The highest BCUT2D eigenvalue weighted by molar-refractivity contribution is 5.24. The number of piperidine rings is 1. The Kier molecular flexibility index (Phi) is 5.84. The molecule has 25 heavy (non-hydrogen) atoms. The molecule has 0 radical (unpaired) electrons. The fourth-order valence-corrected chi connectivity index (χ4v) is 3.69. The number of hydrogen-bond acceptors (Lipinski definition) is 5. The van der Waals surface area contributed by atoms with Crippen LogP contribution in [0.5, 0.6) is 0 Å². The average molecular weight is 342 g/mol. The molecule has 0 spiro atoms. The number of nitrogens with zero attached hydrogens (tertiary/aromatic N) is 4. The smallest absolute Gasteiger partial charge is 0.226 e. The van der Waals surface area contributed by atoms with Crippen LogP contribution in [0.2, 0.25) is 0 Å². The first-order valence-corrected chi connectivity index (χ1v) is 9.55. The van der Waals surface area contributed by atoms with E-state index in [2.05, 4.69) is 47.9 Å². The van der Waals surface area contributed by atoms with E-state index in [1.165, 1.54) is 29.8 Å². The third kappa shape index (κ3) is 4.66. The Bertz CT molecular complexity index is 695. The average Bonchev–Trinajstić information content (AvgIpc) is 3.00. The van der Waals surface area contributed by atoms with E-state index < -0.39 is 0 Å². The van der Waals surface area contributed by atoms with Crippen LogP contribution >= 0.6 is 0 Å². The molecule has 5 heteroatoms. The van der Waals surface area contributed by atoms with Crippen LogP contribution in [0.4, 0.5) is 0 Å². The number of aromatic nitrogens is 3. The van der Waals surface area contributed by atoms with E-state index >= 15 is 0 Å². The van der Waals surface area contributed by atoms with Crippen LogP contribution in [0.3, 0.4) is 0 Å². The van der Waals surface area contributed by atoms with Gasteiger partial charge in [0.15, 0.2) is 5.82 Å². The molecule has 0 aromatic carbocycles. The van der Waals surface area contributed by atoms with Gasteiger partial charge in [0.1, 0.15) is 0 Å². The normalized spacial score (nSPS) is 18.8. The molecule has 2 aromatic rings. The molecule has 136 valence electrons. The summed E-state index contributed by atoms with van der Waals surface area (Å²) in [6, 6.07) is 4.48. The zero-order valence-electron chi connectivity index (χ0n) is 16.0. The van der Waals surface area contributed by atoms with Gasteiger partial charge < -0.3 is 4.52 Å². The second-order valence-electron chi connectivity index (χ2n) is 7.53. The summed E-state index contributed by atoms with van der Waals surface area (Å²) < 4.78 is 5.30. The Morgan fingerprint density at radius 3 is 2.80 bits per heavy atom. The fraction of sp³-hybridized carbons (Fsp3) is 0.650. The van der Waals surface area contributed by atoms with E-state index in [-0.39, 0.29) is 0 Å². The Morgan fingerprint density at radius 1 is 1.28 bits per heavy atom. The third-order valence-electron chi connectivity index (χ3n) is 5.05. The van der Waals surface area contributed by atoms with Crippen molar-refractivity contribution in [2.75, 3.05) is 13.1 Å². The summed E-state index contributed by atoms with van der Waals surface area (Å²) in [5.41, 5.74) is 3.82. The van der Waals surface area contributed by atoms with Crippen molar-refractivity contribution >= 4 is 0 Å². The van der Waals surface area contributed by atoms with E-state index in [1.54, 1.807) is 0 Å². The standard InChI is InChI=1S/C20H30N4O/c1-5-18-17(8-9-19(22-18)14(2)3)13-24-10-6-7-16(12-24)11-20-21-15(4)23-25-20/h8-9,14,16H,5-7,10-13H2,1-4H3. The lowest BCUT2D eigenvalue weighted by atomic mass is 9.94. The van der Waals surface area contributed by atoms with Crippen molar-refractivity contribution in [3.63, 3.8) is 0 Å². The van der Waals surface area contributed by atoms with Gasteiger partial charge in [-0.15, -0.1) is 0 Å². The molecule has 1 aliphatic rings. The van der Waals surface area contributed by atoms with Crippen LogP contribution in [-0.4, -0.2) is 33.1 Å². The molecule has 1 fully saturated rings.